The molecule has 3 rings (SSSR count). The van der Waals surface area contributed by atoms with Crippen molar-refractivity contribution in [2.45, 2.75) is 24.3 Å². The summed E-state index contributed by atoms with van der Waals surface area (Å²) in [5.74, 6) is 0.864. The first-order valence-corrected chi connectivity index (χ1v) is 7.26. The summed E-state index contributed by atoms with van der Waals surface area (Å²) in [4.78, 5) is 16.4. The van der Waals surface area contributed by atoms with Gasteiger partial charge >= 0.3 is 0 Å². The molecule has 0 aliphatic carbocycles. The van der Waals surface area contributed by atoms with Crippen molar-refractivity contribution in [3.05, 3.63) is 36.1 Å². The Hall–Kier alpha value is -2.28. The van der Waals surface area contributed by atoms with Crippen LogP contribution in [0.5, 0.6) is 0 Å². The van der Waals surface area contributed by atoms with Crippen molar-refractivity contribution in [3.63, 3.8) is 0 Å². The molecule has 1 unspecified atom stereocenters. The molecule has 1 aromatic carbocycles. The smallest absolute Gasteiger partial charge is 0.257 e. The normalized spacial score (nSPS) is 12.5. The van der Waals surface area contributed by atoms with E-state index in [1.807, 2.05) is 24.3 Å². The molecule has 0 aliphatic rings. The molecule has 0 fully saturated rings. The number of amides is 1. The predicted molar refractivity (Wildman–Crippen MR) is 79.2 cm³/mol. The van der Waals surface area contributed by atoms with Gasteiger partial charge in [0.1, 0.15) is 11.3 Å². The standard InChI is InChI=1S/C14H13N3O3S/c1-8-7-12(17-20-8)16-13(18)9(2)21-14-15-10-5-3-4-6-11(10)19-14/h3-7,9H,1-2H3,(H,16,17,18). The van der Waals surface area contributed by atoms with Crippen LogP contribution in [0.25, 0.3) is 11.1 Å². The van der Waals surface area contributed by atoms with E-state index in [0.717, 1.165) is 5.52 Å². The van der Waals surface area contributed by atoms with E-state index in [-0.39, 0.29) is 11.2 Å². The van der Waals surface area contributed by atoms with Crippen LogP contribution in [-0.4, -0.2) is 21.3 Å². The minimum Gasteiger partial charge on any atom is -0.431 e. The number of nitrogens with zero attached hydrogens (tertiary/aromatic N) is 2. The Bertz CT molecular complexity index is 747. The lowest BCUT2D eigenvalue weighted by atomic mass is 10.3. The van der Waals surface area contributed by atoms with Crippen molar-refractivity contribution in [2.75, 3.05) is 5.32 Å². The van der Waals surface area contributed by atoms with Gasteiger partial charge in [0.05, 0.1) is 5.25 Å². The number of carbonyl (C=O) groups excluding carboxylic acids is 1. The molecule has 0 spiro atoms. The molecule has 1 amide bonds. The quantitative estimate of drug-likeness (QED) is 0.745. The lowest BCUT2D eigenvalue weighted by Gasteiger charge is -2.07. The van der Waals surface area contributed by atoms with Crippen molar-refractivity contribution >= 4 is 34.6 Å². The van der Waals surface area contributed by atoms with Crippen molar-refractivity contribution in [1.82, 2.24) is 10.1 Å². The highest BCUT2D eigenvalue weighted by molar-refractivity contribution is 8.00. The monoisotopic (exact) mass is 303 g/mol. The largest absolute Gasteiger partial charge is 0.431 e. The fraction of sp³-hybridized carbons (Fsp3) is 0.214. The van der Waals surface area contributed by atoms with Crippen LogP contribution in [0.1, 0.15) is 12.7 Å². The number of hydrogen-bond acceptors (Lipinski definition) is 6. The zero-order chi connectivity index (χ0) is 14.8. The molecule has 7 heteroatoms. The number of anilines is 1. The van der Waals surface area contributed by atoms with Crippen LogP contribution in [0.3, 0.4) is 0 Å². The summed E-state index contributed by atoms with van der Waals surface area (Å²) in [6.45, 7) is 3.54. The predicted octanol–water partition coefficient (Wildman–Crippen LogP) is 3.24. The summed E-state index contributed by atoms with van der Waals surface area (Å²) >= 11 is 1.26. The summed E-state index contributed by atoms with van der Waals surface area (Å²) in [5.41, 5.74) is 1.49. The maximum absolute atomic E-state index is 12.1. The van der Waals surface area contributed by atoms with E-state index in [4.69, 9.17) is 8.94 Å². The van der Waals surface area contributed by atoms with E-state index in [1.54, 1.807) is 19.9 Å². The van der Waals surface area contributed by atoms with E-state index in [1.165, 1.54) is 11.8 Å². The Morgan fingerprint density at radius 2 is 2.19 bits per heavy atom. The van der Waals surface area contributed by atoms with Gasteiger partial charge in [-0.1, -0.05) is 29.1 Å². The van der Waals surface area contributed by atoms with Gasteiger partial charge in [0.2, 0.25) is 5.91 Å². The fourth-order valence-corrected chi connectivity index (χ4v) is 2.52. The summed E-state index contributed by atoms with van der Waals surface area (Å²) in [6.07, 6.45) is 0. The van der Waals surface area contributed by atoms with E-state index < -0.39 is 0 Å². The first-order valence-electron chi connectivity index (χ1n) is 6.38. The Morgan fingerprint density at radius 3 is 2.90 bits per heavy atom. The van der Waals surface area contributed by atoms with Crippen LogP contribution >= 0.6 is 11.8 Å². The summed E-state index contributed by atoms with van der Waals surface area (Å²) in [5, 5.41) is 6.51. The zero-order valence-electron chi connectivity index (χ0n) is 11.5. The molecule has 1 atom stereocenters. The van der Waals surface area contributed by atoms with Gasteiger partial charge < -0.3 is 14.3 Å². The fourth-order valence-electron chi connectivity index (χ4n) is 1.76. The molecule has 1 N–H and O–H groups in total. The van der Waals surface area contributed by atoms with E-state index in [9.17, 15) is 4.79 Å². The number of aryl methyl sites for hydroxylation is 1. The third-order valence-electron chi connectivity index (χ3n) is 2.80. The van der Waals surface area contributed by atoms with Crippen molar-refractivity contribution in [3.8, 4) is 0 Å². The van der Waals surface area contributed by atoms with Crippen molar-refractivity contribution < 1.29 is 13.7 Å². The Balaban J connectivity index is 1.67. The van der Waals surface area contributed by atoms with Crippen LogP contribution in [0.2, 0.25) is 0 Å². The molecule has 2 heterocycles. The summed E-state index contributed by atoms with van der Waals surface area (Å²) in [7, 11) is 0. The third-order valence-corrected chi connectivity index (χ3v) is 3.74. The first kappa shape index (κ1) is 13.7. The van der Waals surface area contributed by atoms with Crippen LogP contribution in [-0.2, 0) is 4.79 Å². The van der Waals surface area contributed by atoms with Gasteiger partial charge in [-0.05, 0) is 26.0 Å². The average molecular weight is 303 g/mol. The van der Waals surface area contributed by atoms with E-state index >= 15 is 0 Å². The molecule has 0 aliphatic heterocycles. The summed E-state index contributed by atoms with van der Waals surface area (Å²) < 4.78 is 10.5. The number of para-hydroxylation sites is 2. The second-order valence-electron chi connectivity index (χ2n) is 4.52. The van der Waals surface area contributed by atoms with Gasteiger partial charge in [0.15, 0.2) is 11.4 Å². The van der Waals surface area contributed by atoms with Crippen molar-refractivity contribution in [1.29, 1.82) is 0 Å². The molecule has 0 radical (unpaired) electrons. The topological polar surface area (TPSA) is 81.2 Å². The SMILES string of the molecule is Cc1cc(NC(=O)C(C)Sc2nc3ccccc3o2)no1. The van der Waals surface area contributed by atoms with Gasteiger partial charge in [-0.25, -0.2) is 4.98 Å². The molecule has 0 saturated heterocycles. The van der Waals surface area contributed by atoms with E-state index in [0.29, 0.717) is 22.4 Å². The molecule has 6 nitrogen and oxygen atoms in total. The van der Waals surface area contributed by atoms with E-state index in [2.05, 4.69) is 15.5 Å². The Kier molecular flexibility index (Phi) is 3.66. The second kappa shape index (κ2) is 5.61. The highest BCUT2D eigenvalue weighted by Gasteiger charge is 2.19. The molecule has 3 aromatic rings. The average Bonchev–Trinajstić information content (AvgIpc) is 3.04. The lowest BCUT2D eigenvalue weighted by Crippen LogP contribution is -2.22. The van der Waals surface area contributed by atoms with Gasteiger partial charge in [0, 0.05) is 6.07 Å². The van der Waals surface area contributed by atoms with Crippen LogP contribution in [0, 0.1) is 6.92 Å². The molecule has 0 saturated carbocycles. The van der Waals surface area contributed by atoms with Crippen LogP contribution in [0.15, 0.2) is 44.5 Å². The Morgan fingerprint density at radius 1 is 1.38 bits per heavy atom. The third kappa shape index (κ3) is 3.08. The van der Waals surface area contributed by atoms with Crippen LogP contribution in [0.4, 0.5) is 5.82 Å². The number of aromatic nitrogens is 2. The van der Waals surface area contributed by atoms with Crippen LogP contribution < -0.4 is 5.32 Å². The zero-order valence-corrected chi connectivity index (χ0v) is 12.3. The number of oxazole rings is 1. The number of thioether (sulfide) groups is 1. The number of benzene rings is 1. The minimum atomic E-state index is -0.366. The molecule has 0 bridgehead atoms. The van der Waals surface area contributed by atoms with Gasteiger partial charge in [-0.15, -0.1) is 0 Å². The number of carbonyl (C=O) groups is 1. The molecular weight excluding hydrogens is 290 g/mol. The lowest BCUT2D eigenvalue weighted by molar-refractivity contribution is -0.115. The number of rotatable bonds is 4. The first-order chi connectivity index (χ1) is 10.1. The van der Waals surface area contributed by atoms with Crippen molar-refractivity contribution in [2.24, 2.45) is 0 Å². The second-order valence-corrected chi connectivity index (χ2v) is 5.81. The number of hydrogen-bond donors (Lipinski definition) is 1. The summed E-state index contributed by atoms with van der Waals surface area (Å²) in [6, 6.07) is 9.14. The highest BCUT2D eigenvalue weighted by atomic mass is 32.2. The Labute approximate surface area is 124 Å². The number of nitrogens with one attached hydrogen (secondary N) is 1. The van der Waals surface area contributed by atoms with Gasteiger partial charge in [0.25, 0.3) is 5.22 Å². The molecule has 2 aromatic heterocycles. The maximum Gasteiger partial charge on any atom is 0.257 e. The van der Waals surface area contributed by atoms with Gasteiger partial charge in [-0.2, -0.15) is 0 Å². The number of fused-ring (bicyclic) bond motifs is 1. The minimum absolute atomic E-state index is 0.185. The molecule has 21 heavy (non-hydrogen) atoms. The highest BCUT2D eigenvalue weighted by Crippen LogP contribution is 2.27. The molecular formula is C14H13N3O3S. The van der Waals surface area contributed by atoms with Gasteiger partial charge in [-0.3, -0.25) is 4.79 Å². The molecule has 108 valence electrons. The maximum atomic E-state index is 12.1.